The minimum absolute atomic E-state index is 0.0120. The Hall–Kier alpha value is -3.22. The monoisotopic (exact) mass is 888 g/mol. The quantitative estimate of drug-likeness (QED) is 0.0932. The van der Waals surface area contributed by atoms with E-state index in [4.69, 9.17) is 54.5 Å². The summed E-state index contributed by atoms with van der Waals surface area (Å²) in [6.07, 6.45) is 0.275. The number of halogens is 6. The molecule has 0 amide bonds. The molecule has 0 spiro atoms. The van der Waals surface area contributed by atoms with Crippen LogP contribution in [0.5, 0.6) is 11.5 Å². The Bertz CT molecular complexity index is 1800. The van der Waals surface area contributed by atoms with Crippen molar-refractivity contribution in [3.05, 3.63) is 113 Å². The van der Waals surface area contributed by atoms with Crippen molar-refractivity contribution >= 4 is 90.0 Å². The summed E-state index contributed by atoms with van der Waals surface area (Å²) in [5.74, 6) is -1.28. The molecule has 4 rings (SSSR count). The van der Waals surface area contributed by atoms with E-state index in [1.807, 2.05) is 45.9 Å². The van der Waals surface area contributed by atoms with Crippen LogP contribution in [0.3, 0.4) is 0 Å². The Labute approximate surface area is 328 Å². The molecule has 0 aromatic heterocycles. The van der Waals surface area contributed by atoms with Crippen LogP contribution in [0.15, 0.2) is 69.6 Å². The van der Waals surface area contributed by atoms with Crippen molar-refractivity contribution in [2.75, 3.05) is 10.6 Å². The summed E-state index contributed by atoms with van der Waals surface area (Å²) >= 11 is 25.7. The lowest BCUT2D eigenvalue weighted by atomic mass is 10.1. The number of carboxylic acid groups (broad SMARTS) is 2. The van der Waals surface area contributed by atoms with Gasteiger partial charge in [-0.05, 0) is 114 Å². The summed E-state index contributed by atoms with van der Waals surface area (Å²) in [4.78, 5) is 21.5. The molecular weight excluding hydrogens is 854 g/mol. The van der Waals surface area contributed by atoms with Gasteiger partial charge in [-0.15, -0.1) is 0 Å². The molecule has 0 bridgehead atoms. The molecule has 0 fully saturated rings. The van der Waals surface area contributed by atoms with Gasteiger partial charge in [0.05, 0.1) is 41.8 Å². The molecule has 0 aliphatic rings. The largest absolute Gasteiger partial charge is 0.486 e. The first kappa shape index (κ1) is 42.2. The molecule has 0 aliphatic carbocycles. The number of ether oxygens (including phenoxy) is 2. The third kappa shape index (κ3) is 13.4. The van der Waals surface area contributed by atoms with Crippen molar-refractivity contribution in [1.82, 2.24) is 0 Å². The smallest absolute Gasteiger partial charge is 0.307 e. The van der Waals surface area contributed by atoms with Crippen molar-refractivity contribution in [1.29, 1.82) is 0 Å². The highest BCUT2D eigenvalue weighted by atomic mass is 79.9. The molecule has 0 atom stereocenters. The molecule has 0 heterocycles. The Kier molecular flexibility index (Phi) is 16.7. The van der Waals surface area contributed by atoms with Crippen molar-refractivity contribution in [2.24, 2.45) is 0 Å². The minimum atomic E-state index is -0.913. The van der Waals surface area contributed by atoms with Crippen LogP contribution in [-0.2, 0) is 35.6 Å². The normalized spacial score (nSPS) is 10.8. The van der Waals surface area contributed by atoms with Crippen LogP contribution in [0.4, 0.5) is 15.8 Å². The van der Waals surface area contributed by atoms with Gasteiger partial charge in [0, 0.05) is 29.6 Å². The lowest BCUT2D eigenvalue weighted by molar-refractivity contribution is -0.137. The van der Waals surface area contributed by atoms with E-state index in [2.05, 4.69) is 42.5 Å². The number of nitrogens with one attached hydrogen (secondary N) is 2. The SMILES string of the molecule is CC(C)Nc1cccc(COc2c(Br)cc(CC(=O)O)cc2Br)c1F.CC(C)Nc1cccc(COc2c(Cl)cc(CCC(=O)O)cc2Cl)c1Cl. The maximum atomic E-state index is 14.5. The van der Waals surface area contributed by atoms with Gasteiger partial charge in [-0.25, -0.2) is 4.39 Å². The average molecular weight is 892 g/mol. The van der Waals surface area contributed by atoms with E-state index < -0.39 is 11.9 Å². The molecule has 0 saturated carbocycles. The van der Waals surface area contributed by atoms with Crippen molar-refractivity contribution in [2.45, 2.75) is 72.3 Å². The fourth-order valence-corrected chi connectivity index (χ4v) is 7.09. The predicted molar refractivity (Wildman–Crippen MR) is 210 cm³/mol. The molecule has 0 saturated heterocycles. The number of carbonyl (C=O) groups is 2. The summed E-state index contributed by atoms with van der Waals surface area (Å²) in [7, 11) is 0. The van der Waals surface area contributed by atoms with Gasteiger partial charge >= 0.3 is 11.9 Å². The van der Waals surface area contributed by atoms with Crippen LogP contribution < -0.4 is 20.1 Å². The maximum absolute atomic E-state index is 14.5. The number of rotatable bonds is 15. The van der Waals surface area contributed by atoms with E-state index in [-0.39, 0.29) is 44.0 Å². The molecule has 8 nitrogen and oxygen atoms in total. The zero-order chi connectivity index (χ0) is 37.8. The lowest BCUT2D eigenvalue weighted by Crippen LogP contribution is -2.12. The van der Waals surface area contributed by atoms with Gasteiger partial charge in [0.2, 0.25) is 0 Å². The van der Waals surface area contributed by atoms with E-state index in [9.17, 15) is 14.0 Å². The Morgan fingerprint density at radius 2 is 1.25 bits per heavy atom. The minimum Gasteiger partial charge on any atom is -0.486 e. The Balaban J connectivity index is 0.000000276. The summed E-state index contributed by atoms with van der Waals surface area (Å²) in [6, 6.07) is 17.9. The second-order valence-electron chi connectivity index (χ2n) is 12.0. The summed E-state index contributed by atoms with van der Waals surface area (Å²) < 4.78 is 27.3. The zero-order valence-corrected chi connectivity index (χ0v) is 33.7. The average Bonchev–Trinajstić information content (AvgIpc) is 3.02. The number of aryl methyl sites for hydroxylation is 1. The molecular formula is C37H38Br2Cl3FN2O6. The molecule has 4 aromatic carbocycles. The topological polar surface area (TPSA) is 117 Å². The molecule has 51 heavy (non-hydrogen) atoms. The summed E-state index contributed by atoms with van der Waals surface area (Å²) in [5.41, 5.74) is 3.89. The van der Waals surface area contributed by atoms with E-state index in [1.165, 1.54) is 0 Å². The van der Waals surface area contributed by atoms with E-state index in [0.717, 1.165) is 16.8 Å². The van der Waals surface area contributed by atoms with Gasteiger partial charge in [0.25, 0.3) is 0 Å². The predicted octanol–water partition coefficient (Wildman–Crippen LogP) is 11.4. The fourth-order valence-electron chi connectivity index (χ4n) is 4.70. The summed E-state index contributed by atoms with van der Waals surface area (Å²) in [6.45, 7) is 8.20. The second kappa shape index (κ2) is 20.1. The van der Waals surface area contributed by atoms with Crippen molar-refractivity contribution < 1.29 is 33.7 Å². The standard InChI is InChI=1S/C19H20Cl3NO3.C18H18Br2FNO3/c1-11(2)23-16-5-3-4-13(18(16)22)10-26-19-14(20)8-12(9-15(19)21)6-7-17(24)25;1-10(2)22-15-5-3-4-12(17(15)21)9-25-18-13(19)6-11(7-14(18)20)8-16(23)24/h3-5,8-9,11,23H,6-7,10H2,1-2H3,(H,24,25);3-7,10,22H,8-9H2,1-2H3,(H,23,24). The summed E-state index contributed by atoms with van der Waals surface area (Å²) in [5, 5.41) is 25.3. The van der Waals surface area contributed by atoms with Crippen molar-refractivity contribution in [3.8, 4) is 11.5 Å². The first-order valence-electron chi connectivity index (χ1n) is 15.8. The first-order chi connectivity index (χ1) is 24.0. The van der Waals surface area contributed by atoms with Gasteiger partial charge < -0.3 is 30.3 Å². The number of anilines is 2. The number of aliphatic carboxylic acids is 2. The van der Waals surface area contributed by atoms with Crippen LogP contribution in [0.1, 0.15) is 56.4 Å². The molecule has 0 radical (unpaired) electrons. The fraction of sp³-hybridized carbons (Fsp3) is 0.297. The molecule has 274 valence electrons. The Morgan fingerprint density at radius 1 is 0.745 bits per heavy atom. The molecule has 0 unspecified atom stereocenters. The molecule has 4 N–H and O–H groups in total. The van der Waals surface area contributed by atoms with Crippen LogP contribution in [0.2, 0.25) is 15.1 Å². The van der Waals surface area contributed by atoms with Crippen LogP contribution in [-0.4, -0.2) is 34.2 Å². The number of benzene rings is 4. The number of carboxylic acids is 2. The van der Waals surface area contributed by atoms with E-state index in [0.29, 0.717) is 58.7 Å². The maximum Gasteiger partial charge on any atom is 0.307 e. The third-order valence-corrected chi connectivity index (χ3v) is 9.07. The third-order valence-electron chi connectivity index (χ3n) is 6.89. The van der Waals surface area contributed by atoms with Gasteiger partial charge in [-0.1, -0.05) is 59.1 Å². The molecule has 4 aromatic rings. The molecule has 0 aliphatic heterocycles. The van der Waals surface area contributed by atoms with E-state index in [1.54, 1.807) is 42.5 Å². The first-order valence-corrected chi connectivity index (χ1v) is 18.5. The lowest BCUT2D eigenvalue weighted by Gasteiger charge is -2.16. The highest BCUT2D eigenvalue weighted by Gasteiger charge is 2.15. The molecule has 14 heteroatoms. The van der Waals surface area contributed by atoms with Gasteiger partial charge in [-0.2, -0.15) is 0 Å². The van der Waals surface area contributed by atoms with Gasteiger partial charge in [0.15, 0.2) is 11.6 Å². The van der Waals surface area contributed by atoms with Crippen LogP contribution in [0.25, 0.3) is 0 Å². The van der Waals surface area contributed by atoms with Gasteiger partial charge in [0.1, 0.15) is 19.0 Å². The highest BCUT2D eigenvalue weighted by molar-refractivity contribution is 9.11. The highest BCUT2D eigenvalue weighted by Crippen LogP contribution is 2.37. The van der Waals surface area contributed by atoms with Crippen LogP contribution >= 0.6 is 66.7 Å². The Morgan fingerprint density at radius 3 is 1.80 bits per heavy atom. The number of hydrogen-bond donors (Lipinski definition) is 4. The van der Waals surface area contributed by atoms with E-state index >= 15 is 0 Å². The van der Waals surface area contributed by atoms with Crippen LogP contribution in [0, 0.1) is 5.82 Å². The number of hydrogen-bond acceptors (Lipinski definition) is 6. The van der Waals surface area contributed by atoms with Crippen molar-refractivity contribution in [3.63, 3.8) is 0 Å². The zero-order valence-electron chi connectivity index (χ0n) is 28.3. The van der Waals surface area contributed by atoms with Gasteiger partial charge in [-0.3, -0.25) is 9.59 Å². The second-order valence-corrected chi connectivity index (χ2v) is 14.9.